The minimum atomic E-state index is 0.279. The van der Waals surface area contributed by atoms with E-state index < -0.39 is 0 Å². The zero-order valence-electron chi connectivity index (χ0n) is 13.9. The Hall–Kier alpha value is -1.32. The second-order valence-corrected chi connectivity index (χ2v) is 6.11. The molecule has 0 aliphatic carbocycles. The van der Waals surface area contributed by atoms with Crippen molar-refractivity contribution in [1.82, 2.24) is 9.97 Å². The molecule has 2 N–H and O–H groups in total. The topological polar surface area (TPSA) is 49.8 Å². The minimum absolute atomic E-state index is 0.279. The van der Waals surface area contributed by atoms with Crippen molar-refractivity contribution in [1.29, 1.82) is 0 Å². The quantitative estimate of drug-likeness (QED) is 0.754. The van der Waals surface area contributed by atoms with Gasteiger partial charge in [0.2, 0.25) is 0 Å². The van der Waals surface area contributed by atoms with Crippen LogP contribution in [0.1, 0.15) is 58.8 Å². The van der Waals surface area contributed by atoms with E-state index in [-0.39, 0.29) is 5.41 Å². The Morgan fingerprint density at radius 1 is 1.00 bits per heavy atom. The van der Waals surface area contributed by atoms with Crippen molar-refractivity contribution < 1.29 is 0 Å². The molecule has 0 radical (unpaired) electrons. The molecule has 0 spiro atoms. The third kappa shape index (κ3) is 4.66. The van der Waals surface area contributed by atoms with Crippen molar-refractivity contribution in [3.63, 3.8) is 0 Å². The van der Waals surface area contributed by atoms with Gasteiger partial charge in [-0.25, -0.2) is 9.97 Å². The van der Waals surface area contributed by atoms with Gasteiger partial charge in [0.05, 0.1) is 0 Å². The molecule has 0 aliphatic heterocycles. The van der Waals surface area contributed by atoms with E-state index in [1.807, 2.05) is 0 Å². The number of aromatic nitrogens is 2. The first kappa shape index (κ1) is 16.7. The molecule has 20 heavy (non-hydrogen) atoms. The molecule has 0 aromatic carbocycles. The van der Waals surface area contributed by atoms with Crippen LogP contribution in [-0.4, -0.2) is 23.1 Å². The Labute approximate surface area is 123 Å². The summed E-state index contributed by atoms with van der Waals surface area (Å²) < 4.78 is 0. The SMILES string of the molecule is CCCNc1nc(CC)nc(NCC(C)(C)CC)c1C. The highest BCUT2D eigenvalue weighted by atomic mass is 15.1. The number of aryl methyl sites for hydroxylation is 1. The van der Waals surface area contributed by atoms with Crippen LogP contribution in [0.25, 0.3) is 0 Å². The first-order valence-corrected chi connectivity index (χ1v) is 7.78. The zero-order chi connectivity index (χ0) is 15.2. The number of rotatable bonds is 8. The highest BCUT2D eigenvalue weighted by Gasteiger charge is 2.17. The van der Waals surface area contributed by atoms with Gasteiger partial charge < -0.3 is 10.6 Å². The van der Waals surface area contributed by atoms with E-state index in [9.17, 15) is 0 Å². The van der Waals surface area contributed by atoms with Crippen molar-refractivity contribution in [2.45, 2.75) is 60.8 Å². The Bertz CT molecular complexity index is 427. The molecule has 0 saturated carbocycles. The van der Waals surface area contributed by atoms with Gasteiger partial charge in [-0.1, -0.05) is 34.6 Å². The van der Waals surface area contributed by atoms with Crippen LogP contribution in [-0.2, 0) is 6.42 Å². The lowest BCUT2D eigenvalue weighted by molar-refractivity contribution is 0.376. The largest absolute Gasteiger partial charge is 0.370 e. The lowest BCUT2D eigenvalue weighted by Crippen LogP contribution is -2.23. The lowest BCUT2D eigenvalue weighted by atomic mass is 9.90. The maximum absolute atomic E-state index is 4.63. The smallest absolute Gasteiger partial charge is 0.134 e. The van der Waals surface area contributed by atoms with Gasteiger partial charge in [0, 0.05) is 25.1 Å². The van der Waals surface area contributed by atoms with Gasteiger partial charge in [-0.3, -0.25) is 0 Å². The summed E-state index contributed by atoms with van der Waals surface area (Å²) in [7, 11) is 0. The number of nitrogens with zero attached hydrogens (tertiary/aromatic N) is 2. The molecular weight excluding hydrogens is 248 g/mol. The van der Waals surface area contributed by atoms with Gasteiger partial charge in [-0.2, -0.15) is 0 Å². The molecule has 1 aromatic heterocycles. The van der Waals surface area contributed by atoms with E-state index in [1.165, 1.54) is 0 Å². The molecule has 0 atom stereocenters. The van der Waals surface area contributed by atoms with E-state index >= 15 is 0 Å². The maximum atomic E-state index is 4.63. The molecule has 0 bridgehead atoms. The summed E-state index contributed by atoms with van der Waals surface area (Å²) in [6, 6.07) is 0. The van der Waals surface area contributed by atoms with Gasteiger partial charge in [0.15, 0.2) is 0 Å². The van der Waals surface area contributed by atoms with Crippen LogP contribution in [0.15, 0.2) is 0 Å². The van der Waals surface area contributed by atoms with Crippen LogP contribution in [0, 0.1) is 12.3 Å². The van der Waals surface area contributed by atoms with Crippen LogP contribution < -0.4 is 10.6 Å². The van der Waals surface area contributed by atoms with Gasteiger partial charge >= 0.3 is 0 Å². The van der Waals surface area contributed by atoms with Crippen molar-refractivity contribution >= 4 is 11.6 Å². The summed E-state index contributed by atoms with van der Waals surface area (Å²) >= 11 is 0. The highest BCUT2D eigenvalue weighted by molar-refractivity contribution is 5.57. The fourth-order valence-corrected chi connectivity index (χ4v) is 1.76. The summed E-state index contributed by atoms with van der Waals surface area (Å²) in [4.78, 5) is 9.23. The molecule has 114 valence electrons. The fourth-order valence-electron chi connectivity index (χ4n) is 1.76. The zero-order valence-corrected chi connectivity index (χ0v) is 13.9. The highest BCUT2D eigenvalue weighted by Crippen LogP contribution is 2.24. The van der Waals surface area contributed by atoms with Gasteiger partial charge in [0.1, 0.15) is 17.5 Å². The van der Waals surface area contributed by atoms with E-state index in [0.717, 1.165) is 55.4 Å². The van der Waals surface area contributed by atoms with Crippen molar-refractivity contribution in [2.24, 2.45) is 5.41 Å². The molecule has 0 unspecified atom stereocenters. The second-order valence-electron chi connectivity index (χ2n) is 6.11. The standard InChI is InChI=1S/C16H30N4/c1-7-10-17-14-12(4)15(20-13(8-2)19-14)18-11-16(5,6)9-3/h7-11H2,1-6H3,(H2,17,18,19,20). The Morgan fingerprint density at radius 2 is 1.60 bits per heavy atom. The van der Waals surface area contributed by atoms with Gasteiger partial charge in [-0.15, -0.1) is 0 Å². The molecule has 4 nitrogen and oxygen atoms in total. The first-order valence-electron chi connectivity index (χ1n) is 7.78. The summed E-state index contributed by atoms with van der Waals surface area (Å²) in [5.74, 6) is 2.83. The summed E-state index contributed by atoms with van der Waals surface area (Å²) in [5.41, 5.74) is 1.39. The fraction of sp³-hybridized carbons (Fsp3) is 0.750. The van der Waals surface area contributed by atoms with Crippen molar-refractivity contribution in [3.8, 4) is 0 Å². The van der Waals surface area contributed by atoms with Crippen molar-refractivity contribution in [2.75, 3.05) is 23.7 Å². The molecule has 4 heteroatoms. The van der Waals surface area contributed by atoms with Gasteiger partial charge in [-0.05, 0) is 25.2 Å². The minimum Gasteiger partial charge on any atom is -0.370 e. The average molecular weight is 278 g/mol. The number of anilines is 2. The van der Waals surface area contributed by atoms with Crippen LogP contribution in [0.2, 0.25) is 0 Å². The Morgan fingerprint density at radius 3 is 2.10 bits per heavy atom. The number of hydrogen-bond donors (Lipinski definition) is 2. The lowest BCUT2D eigenvalue weighted by Gasteiger charge is -2.24. The first-order chi connectivity index (χ1) is 9.43. The Balaban J connectivity index is 2.93. The molecule has 1 rings (SSSR count). The molecule has 0 fully saturated rings. The van der Waals surface area contributed by atoms with E-state index in [2.05, 4.69) is 62.1 Å². The molecule has 0 saturated heterocycles. The van der Waals surface area contributed by atoms with Crippen LogP contribution in [0.3, 0.4) is 0 Å². The molecule has 1 heterocycles. The summed E-state index contributed by atoms with van der Waals surface area (Å²) in [6.45, 7) is 15.0. The predicted molar refractivity (Wildman–Crippen MR) is 87.5 cm³/mol. The Kier molecular flexibility index (Phi) is 6.24. The van der Waals surface area contributed by atoms with Crippen LogP contribution in [0.5, 0.6) is 0 Å². The van der Waals surface area contributed by atoms with Crippen molar-refractivity contribution in [3.05, 3.63) is 11.4 Å². The van der Waals surface area contributed by atoms with Crippen LogP contribution in [0.4, 0.5) is 11.6 Å². The molecule has 1 aromatic rings. The summed E-state index contributed by atoms with van der Waals surface area (Å²) in [6.07, 6.45) is 3.09. The number of hydrogen-bond acceptors (Lipinski definition) is 4. The third-order valence-corrected chi connectivity index (χ3v) is 3.74. The van der Waals surface area contributed by atoms with E-state index in [4.69, 9.17) is 0 Å². The third-order valence-electron chi connectivity index (χ3n) is 3.74. The monoisotopic (exact) mass is 278 g/mol. The number of nitrogens with one attached hydrogen (secondary N) is 2. The molecule has 0 aliphatic rings. The van der Waals surface area contributed by atoms with Gasteiger partial charge in [0.25, 0.3) is 0 Å². The normalized spacial score (nSPS) is 11.5. The van der Waals surface area contributed by atoms with E-state index in [1.54, 1.807) is 0 Å². The van der Waals surface area contributed by atoms with Crippen LogP contribution >= 0.6 is 0 Å². The predicted octanol–water partition coefficient (Wildman–Crippen LogP) is 4.02. The second kappa shape index (κ2) is 7.46. The van der Waals surface area contributed by atoms with E-state index in [0.29, 0.717) is 0 Å². The average Bonchev–Trinajstić information content (AvgIpc) is 2.45. The molecular formula is C16H30N4. The summed E-state index contributed by atoms with van der Waals surface area (Å²) in [5, 5.41) is 6.90. The molecule has 0 amide bonds. The maximum Gasteiger partial charge on any atom is 0.134 e.